The van der Waals surface area contributed by atoms with Gasteiger partial charge < -0.3 is 5.11 Å². The van der Waals surface area contributed by atoms with Crippen LogP contribution in [0.4, 0.5) is 0 Å². The fourth-order valence-corrected chi connectivity index (χ4v) is 1.46. The van der Waals surface area contributed by atoms with Gasteiger partial charge in [0.15, 0.2) is 0 Å². The first-order valence-corrected chi connectivity index (χ1v) is 4.78. The van der Waals surface area contributed by atoms with Crippen molar-refractivity contribution >= 4 is 0 Å². The monoisotopic (exact) mass is 188 g/mol. The van der Waals surface area contributed by atoms with E-state index in [9.17, 15) is 5.11 Å². The van der Waals surface area contributed by atoms with Crippen molar-refractivity contribution in [1.82, 2.24) is 0 Å². The highest BCUT2D eigenvalue weighted by Gasteiger charge is 2.14. The zero-order chi connectivity index (χ0) is 10.4. The molecule has 0 radical (unpaired) electrons. The van der Waals surface area contributed by atoms with Gasteiger partial charge in [0.25, 0.3) is 0 Å². The van der Waals surface area contributed by atoms with Crippen LogP contribution in [0.15, 0.2) is 55.1 Å². The van der Waals surface area contributed by atoms with Gasteiger partial charge in [0.05, 0.1) is 6.10 Å². The lowest BCUT2D eigenvalue weighted by atomic mass is 9.93. The molecule has 0 saturated heterocycles. The van der Waals surface area contributed by atoms with E-state index in [-0.39, 0.29) is 5.92 Å². The van der Waals surface area contributed by atoms with Crippen molar-refractivity contribution in [2.75, 3.05) is 0 Å². The lowest BCUT2D eigenvalue weighted by molar-refractivity contribution is 0.207. The average Bonchev–Trinajstić information content (AvgIpc) is 2.21. The summed E-state index contributed by atoms with van der Waals surface area (Å²) in [6.45, 7) is 5.64. The van der Waals surface area contributed by atoms with Crippen molar-refractivity contribution in [3.8, 4) is 0 Å². The Morgan fingerprint density at radius 1 is 1.29 bits per heavy atom. The molecule has 2 atom stereocenters. The zero-order valence-corrected chi connectivity index (χ0v) is 8.43. The maximum absolute atomic E-state index is 9.80. The van der Waals surface area contributed by atoms with E-state index in [0.717, 1.165) is 5.56 Å². The number of hydrogen-bond donors (Lipinski definition) is 1. The molecule has 0 amide bonds. The minimum Gasteiger partial charge on any atom is -0.388 e. The van der Waals surface area contributed by atoms with Crippen LogP contribution in [0.2, 0.25) is 0 Å². The molecule has 0 aliphatic rings. The maximum atomic E-state index is 9.80. The number of rotatable bonds is 4. The van der Waals surface area contributed by atoms with E-state index in [0.29, 0.717) is 0 Å². The molecule has 1 nitrogen and oxygen atoms in total. The molecule has 1 N–H and O–H groups in total. The van der Waals surface area contributed by atoms with Gasteiger partial charge in [-0.25, -0.2) is 0 Å². The molecule has 1 heteroatoms. The molecule has 0 aromatic heterocycles. The van der Waals surface area contributed by atoms with Gasteiger partial charge in [-0.15, -0.1) is 6.58 Å². The topological polar surface area (TPSA) is 20.2 Å². The number of aliphatic hydroxyl groups excluding tert-OH is 1. The highest BCUT2D eigenvalue weighted by atomic mass is 16.3. The Bertz CT molecular complexity index is 300. The third kappa shape index (κ3) is 2.57. The van der Waals surface area contributed by atoms with E-state index in [4.69, 9.17) is 0 Å². The summed E-state index contributed by atoms with van der Waals surface area (Å²) in [4.78, 5) is 0. The van der Waals surface area contributed by atoms with Gasteiger partial charge in [0, 0.05) is 5.92 Å². The van der Waals surface area contributed by atoms with Crippen molar-refractivity contribution in [2.24, 2.45) is 0 Å². The number of benzene rings is 1. The smallest absolute Gasteiger partial charge is 0.0823 e. The molecular weight excluding hydrogens is 172 g/mol. The molecule has 0 unspecified atom stereocenters. The first kappa shape index (κ1) is 10.7. The summed E-state index contributed by atoms with van der Waals surface area (Å²) in [5, 5.41) is 9.80. The van der Waals surface area contributed by atoms with Gasteiger partial charge in [0.2, 0.25) is 0 Å². The fourth-order valence-electron chi connectivity index (χ4n) is 1.46. The second-order valence-corrected chi connectivity index (χ2v) is 3.19. The van der Waals surface area contributed by atoms with Gasteiger partial charge in [-0.05, 0) is 12.5 Å². The predicted molar refractivity (Wildman–Crippen MR) is 60.2 cm³/mol. The standard InChI is InChI=1S/C13H16O/c1-3-8-13(14)12(4-2)11-9-6-5-7-10-11/h3-10,12-14H,2H2,1H3/b8-3+/t12-,13+/m1/s1. The Hall–Kier alpha value is -1.34. The molecule has 1 rings (SSSR count). The van der Waals surface area contributed by atoms with E-state index in [1.165, 1.54) is 0 Å². The second-order valence-electron chi connectivity index (χ2n) is 3.19. The van der Waals surface area contributed by atoms with E-state index in [1.807, 2.05) is 43.3 Å². The highest BCUT2D eigenvalue weighted by Crippen LogP contribution is 2.21. The molecule has 0 bridgehead atoms. The van der Waals surface area contributed by atoms with Crippen LogP contribution in [0.5, 0.6) is 0 Å². The minimum atomic E-state index is -0.486. The van der Waals surface area contributed by atoms with Gasteiger partial charge in [-0.2, -0.15) is 0 Å². The molecule has 14 heavy (non-hydrogen) atoms. The van der Waals surface area contributed by atoms with Crippen LogP contribution in [-0.2, 0) is 0 Å². The lowest BCUT2D eigenvalue weighted by Gasteiger charge is -2.16. The molecular formula is C13H16O. The van der Waals surface area contributed by atoms with Crippen molar-refractivity contribution in [2.45, 2.75) is 18.9 Å². The molecule has 1 aromatic carbocycles. The first-order chi connectivity index (χ1) is 6.79. The Morgan fingerprint density at radius 3 is 2.43 bits per heavy atom. The van der Waals surface area contributed by atoms with Crippen LogP contribution in [0.25, 0.3) is 0 Å². The summed E-state index contributed by atoms with van der Waals surface area (Å²) in [6, 6.07) is 9.90. The van der Waals surface area contributed by atoms with Crippen LogP contribution >= 0.6 is 0 Å². The van der Waals surface area contributed by atoms with Crippen molar-refractivity contribution in [3.63, 3.8) is 0 Å². The van der Waals surface area contributed by atoms with E-state index < -0.39 is 6.10 Å². The molecule has 0 aliphatic heterocycles. The Balaban J connectivity index is 2.87. The van der Waals surface area contributed by atoms with Crippen LogP contribution in [-0.4, -0.2) is 11.2 Å². The molecule has 0 aliphatic carbocycles. The molecule has 1 aromatic rings. The summed E-state index contributed by atoms with van der Waals surface area (Å²) in [7, 11) is 0. The van der Waals surface area contributed by atoms with Gasteiger partial charge >= 0.3 is 0 Å². The van der Waals surface area contributed by atoms with E-state index in [1.54, 1.807) is 12.2 Å². The van der Waals surface area contributed by atoms with Gasteiger partial charge in [0.1, 0.15) is 0 Å². The number of hydrogen-bond acceptors (Lipinski definition) is 1. The molecule has 74 valence electrons. The second kappa shape index (κ2) is 5.40. The van der Waals surface area contributed by atoms with Crippen molar-refractivity contribution < 1.29 is 5.11 Å². The third-order valence-electron chi connectivity index (χ3n) is 2.20. The predicted octanol–water partition coefficient (Wildman–Crippen LogP) is 2.89. The van der Waals surface area contributed by atoms with Crippen LogP contribution in [0.3, 0.4) is 0 Å². The minimum absolute atomic E-state index is 0.0209. The third-order valence-corrected chi connectivity index (χ3v) is 2.20. The van der Waals surface area contributed by atoms with Crippen molar-refractivity contribution in [3.05, 3.63) is 60.7 Å². The summed E-state index contributed by atoms with van der Waals surface area (Å²) in [5.74, 6) is -0.0209. The SMILES string of the molecule is C=C[C@H](c1ccccc1)[C@@H](O)/C=C/C. The summed E-state index contributed by atoms with van der Waals surface area (Å²) < 4.78 is 0. The largest absolute Gasteiger partial charge is 0.388 e. The Morgan fingerprint density at radius 2 is 1.93 bits per heavy atom. The van der Waals surface area contributed by atoms with E-state index >= 15 is 0 Å². The number of allylic oxidation sites excluding steroid dienone is 1. The molecule has 0 spiro atoms. The molecule has 0 heterocycles. The first-order valence-electron chi connectivity index (χ1n) is 4.78. The van der Waals surface area contributed by atoms with Crippen molar-refractivity contribution in [1.29, 1.82) is 0 Å². The van der Waals surface area contributed by atoms with E-state index in [2.05, 4.69) is 6.58 Å². The fraction of sp³-hybridized carbons (Fsp3) is 0.231. The molecule has 0 fully saturated rings. The summed E-state index contributed by atoms with van der Waals surface area (Å²) in [5.41, 5.74) is 1.09. The normalized spacial score (nSPS) is 15.3. The lowest BCUT2D eigenvalue weighted by Crippen LogP contribution is -2.13. The Labute approximate surface area is 85.4 Å². The molecule has 0 saturated carbocycles. The quantitative estimate of drug-likeness (QED) is 0.720. The summed E-state index contributed by atoms with van der Waals surface area (Å²) in [6.07, 6.45) is 4.92. The van der Waals surface area contributed by atoms with Crippen LogP contribution < -0.4 is 0 Å². The maximum Gasteiger partial charge on any atom is 0.0823 e. The van der Waals surface area contributed by atoms with Crippen LogP contribution in [0, 0.1) is 0 Å². The average molecular weight is 188 g/mol. The van der Waals surface area contributed by atoms with Crippen LogP contribution in [0.1, 0.15) is 18.4 Å². The van der Waals surface area contributed by atoms with Gasteiger partial charge in [-0.3, -0.25) is 0 Å². The van der Waals surface area contributed by atoms with Gasteiger partial charge in [-0.1, -0.05) is 48.6 Å². The highest BCUT2D eigenvalue weighted by molar-refractivity contribution is 5.26. The zero-order valence-electron chi connectivity index (χ0n) is 8.43. The number of aliphatic hydroxyl groups is 1. The summed E-state index contributed by atoms with van der Waals surface area (Å²) >= 11 is 0. The Kier molecular flexibility index (Phi) is 4.14.